The quantitative estimate of drug-likeness (QED) is 0.320. The highest BCUT2D eigenvalue weighted by Gasteiger charge is 2.20. The van der Waals surface area contributed by atoms with Gasteiger partial charge in [-0.3, -0.25) is 4.98 Å². The standard InChI is InChI=1S/C25H21ClF2N5OP/c1-13(17-7-15(11-29)8-18(27)9-17)32-25-22(26)14(2)31-20-10-19(28)23(33-24(20)25)16-5-6-21(30-12-16)35(3,4)34/h5-10,12-13H,1-4H3,(H,31,32)/t13-/m1/s1. The number of hydrogen-bond donors (Lipinski definition) is 1. The average molecular weight is 512 g/mol. The fraction of sp³-hybridized carbons (Fsp3) is 0.200. The lowest BCUT2D eigenvalue weighted by Gasteiger charge is -2.20. The van der Waals surface area contributed by atoms with Crippen molar-refractivity contribution < 1.29 is 13.3 Å². The summed E-state index contributed by atoms with van der Waals surface area (Å²) < 4.78 is 41.3. The van der Waals surface area contributed by atoms with Crippen molar-refractivity contribution >= 4 is 40.9 Å². The Morgan fingerprint density at radius 2 is 1.89 bits per heavy atom. The number of halogens is 3. The van der Waals surface area contributed by atoms with Crippen LogP contribution in [0.5, 0.6) is 0 Å². The smallest absolute Gasteiger partial charge is 0.151 e. The van der Waals surface area contributed by atoms with Crippen LogP contribution < -0.4 is 10.8 Å². The van der Waals surface area contributed by atoms with E-state index in [0.29, 0.717) is 33.5 Å². The Bertz CT molecular complexity index is 1550. The zero-order valence-corrected chi connectivity index (χ0v) is 21.0. The summed E-state index contributed by atoms with van der Waals surface area (Å²) in [4.78, 5) is 13.1. The van der Waals surface area contributed by atoms with Crippen LogP contribution in [0.25, 0.3) is 22.3 Å². The first-order valence-electron chi connectivity index (χ1n) is 10.6. The lowest BCUT2D eigenvalue weighted by atomic mass is 10.0. The van der Waals surface area contributed by atoms with Gasteiger partial charge in [0.05, 0.1) is 39.0 Å². The van der Waals surface area contributed by atoms with E-state index in [9.17, 15) is 14.2 Å². The van der Waals surface area contributed by atoms with Gasteiger partial charge in [0.25, 0.3) is 0 Å². The second-order valence-corrected chi connectivity index (χ2v) is 12.1. The first kappa shape index (κ1) is 24.7. The van der Waals surface area contributed by atoms with Crippen LogP contribution in [0.4, 0.5) is 14.5 Å². The largest absolute Gasteiger partial charge is 0.375 e. The molecule has 3 heterocycles. The number of nitrogens with one attached hydrogen (secondary N) is 1. The lowest BCUT2D eigenvalue weighted by molar-refractivity contribution is 0.588. The maximum absolute atomic E-state index is 15.0. The summed E-state index contributed by atoms with van der Waals surface area (Å²) in [6.45, 7) is 6.69. The van der Waals surface area contributed by atoms with E-state index in [1.54, 1.807) is 45.4 Å². The van der Waals surface area contributed by atoms with Crippen molar-refractivity contribution in [3.63, 3.8) is 0 Å². The van der Waals surface area contributed by atoms with Crippen LogP contribution in [0.1, 0.15) is 29.8 Å². The van der Waals surface area contributed by atoms with Crippen LogP contribution in [0.3, 0.4) is 0 Å². The van der Waals surface area contributed by atoms with Crippen molar-refractivity contribution in [2.45, 2.75) is 19.9 Å². The van der Waals surface area contributed by atoms with E-state index in [1.807, 2.05) is 6.07 Å². The molecule has 4 rings (SSSR count). The molecule has 0 saturated carbocycles. The van der Waals surface area contributed by atoms with Crippen LogP contribution in [0, 0.1) is 29.9 Å². The van der Waals surface area contributed by atoms with Gasteiger partial charge in [-0.05, 0) is 63.1 Å². The molecule has 10 heteroatoms. The van der Waals surface area contributed by atoms with Crippen LogP contribution in [-0.2, 0) is 4.57 Å². The topological polar surface area (TPSA) is 91.6 Å². The van der Waals surface area contributed by atoms with Crippen LogP contribution in [-0.4, -0.2) is 28.3 Å². The minimum atomic E-state index is -2.56. The maximum atomic E-state index is 15.0. The van der Waals surface area contributed by atoms with Crippen molar-refractivity contribution in [1.82, 2.24) is 15.0 Å². The third-order valence-electron chi connectivity index (χ3n) is 5.50. The van der Waals surface area contributed by atoms with E-state index >= 15 is 4.39 Å². The molecule has 0 amide bonds. The molecule has 6 nitrogen and oxygen atoms in total. The third-order valence-corrected chi connectivity index (χ3v) is 7.33. The first-order chi connectivity index (χ1) is 16.5. The summed E-state index contributed by atoms with van der Waals surface area (Å²) in [6.07, 6.45) is 1.43. The number of aromatic nitrogens is 3. The molecule has 0 saturated heterocycles. The molecule has 0 unspecified atom stereocenters. The molecule has 4 aromatic rings. The summed E-state index contributed by atoms with van der Waals surface area (Å²) in [5.41, 5.74) is 3.08. The predicted octanol–water partition coefficient (Wildman–Crippen LogP) is 6.22. The Morgan fingerprint density at radius 3 is 2.51 bits per heavy atom. The molecule has 178 valence electrons. The number of nitrogens with zero attached hydrogens (tertiary/aromatic N) is 4. The molecule has 0 fully saturated rings. The molecular weight excluding hydrogens is 491 g/mol. The molecule has 1 atom stereocenters. The van der Waals surface area contributed by atoms with Gasteiger partial charge in [0.1, 0.15) is 24.2 Å². The fourth-order valence-electron chi connectivity index (χ4n) is 3.67. The minimum Gasteiger partial charge on any atom is -0.375 e. The molecule has 35 heavy (non-hydrogen) atoms. The number of nitriles is 1. The fourth-order valence-corrected chi connectivity index (χ4v) is 4.62. The van der Waals surface area contributed by atoms with E-state index in [4.69, 9.17) is 11.6 Å². The molecular formula is C25H21ClF2N5OP. The maximum Gasteiger partial charge on any atom is 0.151 e. The van der Waals surface area contributed by atoms with Gasteiger partial charge in [0.2, 0.25) is 0 Å². The van der Waals surface area contributed by atoms with Crippen molar-refractivity contribution in [1.29, 1.82) is 5.26 Å². The summed E-state index contributed by atoms with van der Waals surface area (Å²) in [5, 5.41) is 12.7. The van der Waals surface area contributed by atoms with E-state index < -0.39 is 24.8 Å². The predicted molar refractivity (Wildman–Crippen MR) is 135 cm³/mol. The van der Waals surface area contributed by atoms with Gasteiger partial charge in [-0.15, -0.1) is 0 Å². The Labute approximate surface area is 206 Å². The van der Waals surface area contributed by atoms with Crippen LogP contribution >= 0.6 is 18.7 Å². The van der Waals surface area contributed by atoms with Gasteiger partial charge in [-0.2, -0.15) is 5.26 Å². The molecule has 0 aliphatic carbocycles. The van der Waals surface area contributed by atoms with Crippen molar-refractivity contribution in [3.8, 4) is 17.3 Å². The van der Waals surface area contributed by atoms with Gasteiger partial charge >= 0.3 is 0 Å². The minimum absolute atomic E-state index is 0.0357. The third kappa shape index (κ3) is 5.02. The van der Waals surface area contributed by atoms with Gasteiger partial charge in [0, 0.05) is 23.9 Å². The number of anilines is 1. The zero-order chi connectivity index (χ0) is 25.5. The monoisotopic (exact) mass is 511 g/mol. The molecule has 0 radical (unpaired) electrons. The molecule has 3 aromatic heterocycles. The molecule has 1 N–H and O–H groups in total. The number of pyridine rings is 3. The number of hydrogen-bond acceptors (Lipinski definition) is 6. The molecule has 0 aliphatic rings. The van der Waals surface area contributed by atoms with Gasteiger partial charge < -0.3 is 9.88 Å². The van der Waals surface area contributed by atoms with E-state index in [1.165, 1.54) is 18.3 Å². The van der Waals surface area contributed by atoms with E-state index in [2.05, 4.69) is 20.3 Å². The molecule has 0 bridgehead atoms. The number of fused-ring (bicyclic) bond motifs is 1. The van der Waals surface area contributed by atoms with Crippen molar-refractivity contribution in [2.24, 2.45) is 0 Å². The SMILES string of the molecule is Cc1nc2cc(F)c(-c3ccc(P(C)(C)=O)nc3)nc2c(N[C@H](C)c2cc(F)cc(C#N)c2)c1Cl. The summed E-state index contributed by atoms with van der Waals surface area (Å²) in [5.74, 6) is -1.13. The molecule has 0 aliphatic heterocycles. The Kier molecular flexibility index (Phi) is 6.59. The Morgan fingerprint density at radius 1 is 1.14 bits per heavy atom. The highest BCUT2D eigenvalue weighted by atomic mass is 35.5. The highest BCUT2D eigenvalue weighted by molar-refractivity contribution is 7.69. The second-order valence-electron chi connectivity index (χ2n) is 8.58. The van der Waals surface area contributed by atoms with Crippen molar-refractivity contribution in [3.05, 3.63) is 76.1 Å². The summed E-state index contributed by atoms with van der Waals surface area (Å²) >= 11 is 6.57. The molecule has 0 spiro atoms. The van der Waals surface area contributed by atoms with E-state index in [0.717, 1.165) is 6.07 Å². The highest BCUT2D eigenvalue weighted by Crippen LogP contribution is 2.37. The normalized spacial score (nSPS) is 12.4. The van der Waals surface area contributed by atoms with Gasteiger partial charge in [0.15, 0.2) is 5.82 Å². The van der Waals surface area contributed by atoms with Crippen LogP contribution in [0.15, 0.2) is 42.6 Å². The number of benzene rings is 1. The second kappa shape index (κ2) is 9.33. The number of rotatable bonds is 5. The van der Waals surface area contributed by atoms with Gasteiger partial charge in [-0.25, -0.2) is 18.7 Å². The molecule has 1 aromatic carbocycles. The summed E-state index contributed by atoms with van der Waals surface area (Å²) in [7, 11) is -2.56. The lowest BCUT2D eigenvalue weighted by Crippen LogP contribution is -2.10. The first-order valence-corrected chi connectivity index (χ1v) is 13.6. The average Bonchev–Trinajstić information content (AvgIpc) is 2.80. The van der Waals surface area contributed by atoms with Crippen LogP contribution in [0.2, 0.25) is 5.02 Å². The van der Waals surface area contributed by atoms with Crippen molar-refractivity contribution in [2.75, 3.05) is 18.6 Å². The number of aryl methyl sites for hydroxylation is 1. The Balaban J connectivity index is 1.83. The van der Waals surface area contributed by atoms with Gasteiger partial charge in [-0.1, -0.05) is 11.6 Å². The zero-order valence-electron chi connectivity index (χ0n) is 19.4. The Hall–Kier alpha value is -3.40. The summed E-state index contributed by atoms with van der Waals surface area (Å²) in [6, 6.07) is 10.0. The van der Waals surface area contributed by atoms with E-state index in [-0.39, 0.29) is 21.8 Å².